The summed E-state index contributed by atoms with van der Waals surface area (Å²) in [4.78, 5) is 0. The molecule has 17 heavy (non-hydrogen) atoms. The van der Waals surface area contributed by atoms with Crippen molar-refractivity contribution in [2.75, 3.05) is 0 Å². The second-order valence-electron chi connectivity index (χ2n) is 4.54. The molecule has 0 saturated heterocycles. The predicted octanol–water partition coefficient (Wildman–Crippen LogP) is 4.81. The molecule has 0 bridgehead atoms. The molecule has 0 aliphatic heterocycles. The molecule has 0 aliphatic carbocycles. The Balaban J connectivity index is 1.97. The molecule has 0 spiro atoms. The molecular weight excluding hydrogens is 204 g/mol. The highest BCUT2D eigenvalue weighted by molar-refractivity contribution is 5.20. The first-order valence-corrected chi connectivity index (χ1v) is 6.49. The van der Waals surface area contributed by atoms with Crippen LogP contribution in [-0.4, -0.2) is 0 Å². The summed E-state index contributed by atoms with van der Waals surface area (Å²) in [6.45, 7) is 2.28. The van der Waals surface area contributed by atoms with Gasteiger partial charge in [-0.15, -0.1) is 0 Å². The van der Waals surface area contributed by atoms with Crippen molar-refractivity contribution >= 4 is 0 Å². The molecule has 2 aromatic carbocycles. The fraction of sp³-hybridized carbons (Fsp3) is 0.294. The highest BCUT2D eigenvalue weighted by Crippen LogP contribution is 2.24. The van der Waals surface area contributed by atoms with Crippen molar-refractivity contribution in [3.8, 4) is 0 Å². The van der Waals surface area contributed by atoms with Gasteiger partial charge in [0.2, 0.25) is 0 Å². The summed E-state index contributed by atoms with van der Waals surface area (Å²) < 4.78 is 0. The van der Waals surface area contributed by atoms with Crippen LogP contribution in [0.1, 0.15) is 36.8 Å². The average Bonchev–Trinajstić information content (AvgIpc) is 2.42. The minimum Gasteiger partial charge on any atom is -0.0648 e. The fourth-order valence-electron chi connectivity index (χ4n) is 2.32. The van der Waals surface area contributed by atoms with E-state index in [0.717, 1.165) is 0 Å². The summed E-state index contributed by atoms with van der Waals surface area (Å²) in [6, 6.07) is 21.6. The van der Waals surface area contributed by atoms with E-state index in [4.69, 9.17) is 0 Å². The van der Waals surface area contributed by atoms with Crippen LogP contribution in [0.2, 0.25) is 0 Å². The van der Waals surface area contributed by atoms with Crippen LogP contribution >= 0.6 is 0 Å². The Morgan fingerprint density at radius 3 is 2.00 bits per heavy atom. The second kappa shape index (κ2) is 6.24. The molecule has 0 saturated carbocycles. The van der Waals surface area contributed by atoms with E-state index >= 15 is 0 Å². The molecule has 88 valence electrons. The average molecular weight is 224 g/mol. The lowest BCUT2D eigenvalue weighted by Crippen LogP contribution is -1.99. The summed E-state index contributed by atoms with van der Waals surface area (Å²) in [5.74, 6) is 0.691. The molecule has 0 radical (unpaired) electrons. The highest BCUT2D eigenvalue weighted by Gasteiger charge is 2.08. The smallest absolute Gasteiger partial charge is 0.0161 e. The second-order valence-corrected chi connectivity index (χ2v) is 4.54. The molecule has 1 unspecified atom stereocenters. The van der Waals surface area contributed by atoms with Crippen LogP contribution in [0.3, 0.4) is 0 Å². The number of hydrogen-bond acceptors (Lipinski definition) is 0. The molecule has 2 rings (SSSR count). The van der Waals surface area contributed by atoms with Crippen LogP contribution in [0.15, 0.2) is 60.7 Å². The van der Waals surface area contributed by atoms with Gasteiger partial charge in [0.1, 0.15) is 0 Å². The van der Waals surface area contributed by atoms with Gasteiger partial charge in [-0.1, -0.05) is 67.6 Å². The molecule has 1 atom stereocenters. The van der Waals surface area contributed by atoms with Crippen LogP contribution in [0, 0.1) is 0 Å². The Bertz CT molecular complexity index is 416. The van der Waals surface area contributed by atoms with Crippen molar-refractivity contribution in [1.82, 2.24) is 0 Å². The first-order valence-electron chi connectivity index (χ1n) is 6.49. The summed E-state index contributed by atoms with van der Waals surface area (Å²) in [5, 5.41) is 0. The summed E-state index contributed by atoms with van der Waals surface area (Å²) >= 11 is 0. The summed E-state index contributed by atoms with van der Waals surface area (Å²) in [7, 11) is 0. The maximum Gasteiger partial charge on any atom is -0.0161 e. The lowest BCUT2D eigenvalue weighted by molar-refractivity contribution is 0.606. The Hall–Kier alpha value is -1.56. The van der Waals surface area contributed by atoms with E-state index in [1.807, 2.05) is 0 Å². The van der Waals surface area contributed by atoms with Crippen molar-refractivity contribution in [2.45, 2.75) is 32.1 Å². The van der Waals surface area contributed by atoms with Crippen LogP contribution in [0.4, 0.5) is 0 Å². The Morgan fingerprint density at radius 2 is 1.41 bits per heavy atom. The maximum absolute atomic E-state index is 2.28. The van der Waals surface area contributed by atoms with Crippen LogP contribution in [0.5, 0.6) is 0 Å². The lowest BCUT2D eigenvalue weighted by atomic mass is 9.90. The molecule has 0 N–H and O–H groups in total. The van der Waals surface area contributed by atoms with Crippen LogP contribution in [0.25, 0.3) is 0 Å². The minimum absolute atomic E-state index is 0.691. The highest BCUT2D eigenvalue weighted by atomic mass is 14.1. The standard InChI is InChI=1S/C17H20/c1-2-16(17-11-7-4-8-12-17)14-13-15-9-5-3-6-10-15/h3-12,16H,2,13-14H2,1H3. The van der Waals surface area contributed by atoms with Gasteiger partial charge >= 0.3 is 0 Å². The largest absolute Gasteiger partial charge is 0.0648 e. The van der Waals surface area contributed by atoms with E-state index in [1.54, 1.807) is 0 Å². The van der Waals surface area contributed by atoms with Crippen LogP contribution < -0.4 is 0 Å². The predicted molar refractivity (Wildman–Crippen MR) is 74.2 cm³/mol. The molecule has 0 aliphatic rings. The van der Waals surface area contributed by atoms with E-state index in [1.165, 1.54) is 30.4 Å². The topological polar surface area (TPSA) is 0 Å². The van der Waals surface area contributed by atoms with Gasteiger partial charge in [-0.3, -0.25) is 0 Å². The van der Waals surface area contributed by atoms with Crippen molar-refractivity contribution in [1.29, 1.82) is 0 Å². The first kappa shape index (κ1) is 11.9. The molecular formula is C17H20. The summed E-state index contributed by atoms with van der Waals surface area (Å²) in [5.41, 5.74) is 2.92. The molecule has 0 amide bonds. The van der Waals surface area contributed by atoms with Gasteiger partial charge in [0.05, 0.1) is 0 Å². The Morgan fingerprint density at radius 1 is 0.824 bits per heavy atom. The van der Waals surface area contributed by atoms with Crippen molar-refractivity contribution in [3.63, 3.8) is 0 Å². The Labute approximate surface area is 104 Å². The van der Waals surface area contributed by atoms with Gasteiger partial charge in [0.15, 0.2) is 0 Å². The normalized spacial score (nSPS) is 12.3. The quantitative estimate of drug-likeness (QED) is 0.683. The zero-order valence-electron chi connectivity index (χ0n) is 10.5. The lowest BCUT2D eigenvalue weighted by Gasteiger charge is -2.15. The van der Waals surface area contributed by atoms with Crippen molar-refractivity contribution in [3.05, 3.63) is 71.8 Å². The third-order valence-electron chi connectivity index (χ3n) is 3.39. The number of benzene rings is 2. The molecule has 2 aromatic rings. The number of hydrogen-bond donors (Lipinski definition) is 0. The summed E-state index contributed by atoms with van der Waals surface area (Å²) in [6.07, 6.45) is 3.63. The van der Waals surface area contributed by atoms with Gasteiger partial charge in [-0.05, 0) is 36.3 Å². The third-order valence-corrected chi connectivity index (χ3v) is 3.39. The van der Waals surface area contributed by atoms with E-state index in [2.05, 4.69) is 67.6 Å². The first-order chi connectivity index (χ1) is 8.40. The van der Waals surface area contributed by atoms with Gasteiger partial charge in [0.25, 0.3) is 0 Å². The number of rotatable bonds is 5. The third kappa shape index (κ3) is 3.45. The molecule has 0 heterocycles. The van der Waals surface area contributed by atoms with Crippen molar-refractivity contribution < 1.29 is 0 Å². The molecule has 0 aromatic heterocycles. The van der Waals surface area contributed by atoms with E-state index in [0.29, 0.717) is 5.92 Å². The number of aryl methyl sites for hydroxylation is 1. The SMILES string of the molecule is CCC(CCc1ccccc1)c1ccccc1. The zero-order valence-corrected chi connectivity index (χ0v) is 10.5. The molecule has 0 heteroatoms. The maximum atomic E-state index is 2.28. The van der Waals surface area contributed by atoms with E-state index < -0.39 is 0 Å². The van der Waals surface area contributed by atoms with Gasteiger partial charge < -0.3 is 0 Å². The van der Waals surface area contributed by atoms with Crippen LogP contribution in [-0.2, 0) is 6.42 Å². The Kier molecular flexibility index (Phi) is 4.37. The van der Waals surface area contributed by atoms with Gasteiger partial charge in [-0.25, -0.2) is 0 Å². The zero-order chi connectivity index (χ0) is 11.9. The van der Waals surface area contributed by atoms with Crippen molar-refractivity contribution in [2.24, 2.45) is 0 Å². The fourth-order valence-corrected chi connectivity index (χ4v) is 2.32. The van der Waals surface area contributed by atoms with E-state index in [9.17, 15) is 0 Å². The molecule has 0 nitrogen and oxygen atoms in total. The van der Waals surface area contributed by atoms with E-state index in [-0.39, 0.29) is 0 Å². The minimum atomic E-state index is 0.691. The monoisotopic (exact) mass is 224 g/mol. The molecule has 0 fully saturated rings. The van der Waals surface area contributed by atoms with Gasteiger partial charge in [-0.2, -0.15) is 0 Å². The van der Waals surface area contributed by atoms with Gasteiger partial charge in [0, 0.05) is 0 Å².